The molecule has 33 heavy (non-hydrogen) atoms. The van der Waals surface area contributed by atoms with Gasteiger partial charge in [-0.15, -0.1) is 0 Å². The summed E-state index contributed by atoms with van der Waals surface area (Å²) in [6.45, 7) is 6.91. The van der Waals surface area contributed by atoms with Crippen LogP contribution in [0.2, 0.25) is 0 Å². The zero-order chi connectivity index (χ0) is 22.5. The highest BCUT2D eigenvalue weighted by Crippen LogP contribution is 2.29. The van der Waals surface area contributed by atoms with Crippen LogP contribution in [0.5, 0.6) is 0 Å². The summed E-state index contributed by atoms with van der Waals surface area (Å²) < 4.78 is 0. The molecule has 0 bridgehead atoms. The lowest BCUT2D eigenvalue weighted by Crippen LogP contribution is -2.47. The first kappa shape index (κ1) is 21.9. The maximum absolute atomic E-state index is 12.6. The Balaban J connectivity index is 1.21. The van der Waals surface area contributed by atoms with Gasteiger partial charge in [0.2, 0.25) is 0 Å². The summed E-state index contributed by atoms with van der Waals surface area (Å²) in [5, 5.41) is 0. The first-order chi connectivity index (χ1) is 16.3. The molecule has 1 amide bonds. The van der Waals surface area contributed by atoms with Crippen LogP contribution in [-0.4, -0.2) is 59.9 Å². The molecule has 2 aliphatic rings. The molecule has 170 valence electrons. The van der Waals surface area contributed by atoms with E-state index in [1.54, 1.807) is 0 Å². The summed E-state index contributed by atoms with van der Waals surface area (Å²) >= 11 is 0. The summed E-state index contributed by atoms with van der Waals surface area (Å²) in [5.41, 5.74) is 4.81. The van der Waals surface area contributed by atoms with Gasteiger partial charge in [0.25, 0.3) is 5.91 Å². The minimum Gasteiger partial charge on any atom is -0.339 e. The zero-order valence-corrected chi connectivity index (χ0v) is 19.3. The van der Waals surface area contributed by atoms with Gasteiger partial charge in [0.05, 0.1) is 6.04 Å². The number of rotatable bonds is 6. The van der Waals surface area contributed by atoms with Gasteiger partial charge in [-0.1, -0.05) is 72.8 Å². The van der Waals surface area contributed by atoms with Crippen LogP contribution < -0.4 is 0 Å². The molecule has 2 saturated heterocycles. The standard InChI is InChI=1S/C29H33N3O/c33-29(32-17-7-8-18-32)27-15-13-24(14-16-27)23-30-19-21-31(22-20-30)28(25-9-3-1-4-10-25)26-11-5-2-6-12-26/h1-6,9-16,28H,7-8,17-23H2. The van der Waals surface area contributed by atoms with Crippen LogP contribution in [0.4, 0.5) is 0 Å². The number of nitrogens with zero attached hydrogens (tertiary/aromatic N) is 3. The molecule has 4 heteroatoms. The molecule has 2 heterocycles. The Morgan fingerprint density at radius 1 is 0.667 bits per heavy atom. The second kappa shape index (κ2) is 10.3. The van der Waals surface area contributed by atoms with Gasteiger partial charge in [0, 0.05) is 51.4 Å². The molecular formula is C29H33N3O. The van der Waals surface area contributed by atoms with Gasteiger partial charge in [0.1, 0.15) is 0 Å². The Bertz CT molecular complexity index is 982. The second-order valence-corrected chi connectivity index (χ2v) is 9.23. The Morgan fingerprint density at radius 3 is 1.76 bits per heavy atom. The van der Waals surface area contributed by atoms with Crippen LogP contribution in [0.15, 0.2) is 84.9 Å². The van der Waals surface area contributed by atoms with E-state index in [0.717, 1.165) is 64.2 Å². The van der Waals surface area contributed by atoms with E-state index in [1.807, 2.05) is 17.0 Å². The second-order valence-electron chi connectivity index (χ2n) is 9.23. The first-order valence-electron chi connectivity index (χ1n) is 12.2. The van der Waals surface area contributed by atoms with E-state index in [1.165, 1.54) is 16.7 Å². The quantitative estimate of drug-likeness (QED) is 0.550. The smallest absolute Gasteiger partial charge is 0.253 e. The van der Waals surface area contributed by atoms with Crippen molar-refractivity contribution < 1.29 is 4.79 Å². The van der Waals surface area contributed by atoms with E-state index >= 15 is 0 Å². The van der Waals surface area contributed by atoms with E-state index in [-0.39, 0.29) is 5.91 Å². The third-order valence-corrected chi connectivity index (χ3v) is 7.00. The number of hydrogen-bond donors (Lipinski definition) is 0. The van der Waals surface area contributed by atoms with Crippen molar-refractivity contribution in [1.82, 2.24) is 14.7 Å². The van der Waals surface area contributed by atoms with Crippen molar-refractivity contribution in [2.75, 3.05) is 39.3 Å². The minimum absolute atomic E-state index is 0.181. The van der Waals surface area contributed by atoms with E-state index < -0.39 is 0 Å². The molecule has 0 spiro atoms. The molecule has 2 fully saturated rings. The number of hydrogen-bond acceptors (Lipinski definition) is 3. The maximum Gasteiger partial charge on any atom is 0.253 e. The van der Waals surface area contributed by atoms with Crippen molar-refractivity contribution in [1.29, 1.82) is 0 Å². The van der Waals surface area contributed by atoms with Crippen molar-refractivity contribution in [2.45, 2.75) is 25.4 Å². The number of carbonyl (C=O) groups is 1. The van der Waals surface area contributed by atoms with Gasteiger partial charge >= 0.3 is 0 Å². The third kappa shape index (κ3) is 5.18. The van der Waals surface area contributed by atoms with Gasteiger partial charge in [-0.2, -0.15) is 0 Å². The molecule has 3 aromatic carbocycles. The number of benzene rings is 3. The lowest BCUT2D eigenvalue weighted by Gasteiger charge is -2.40. The van der Waals surface area contributed by atoms with Crippen LogP contribution >= 0.6 is 0 Å². The SMILES string of the molecule is O=C(c1ccc(CN2CCN(C(c3ccccc3)c3ccccc3)CC2)cc1)N1CCCC1. The molecule has 0 aromatic heterocycles. The van der Waals surface area contributed by atoms with Gasteiger partial charge in [-0.05, 0) is 41.7 Å². The fourth-order valence-electron chi connectivity index (χ4n) is 5.18. The van der Waals surface area contributed by atoms with Crippen molar-refractivity contribution >= 4 is 5.91 Å². The van der Waals surface area contributed by atoms with Gasteiger partial charge in [0.15, 0.2) is 0 Å². The molecule has 0 radical (unpaired) electrons. The minimum atomic E-state index is 0.181. The molecule has 3 aromatic rings. The predicted octanol–water partition coefficient (Wildman–Crippen LogP) is 4.83. The number of carbonyl (C=O) groups excluding carboxylic acids is 1. The number of likely N-dealkylation sites (tertiary alicyclic amines) is 1. The van der Waals surface area contributed by atoms with E-state index in [9.17, 15) is 4.79 Å². The van der Waals surface area contributed by atoms with Crippen LogP contribution in [0, 0.1) is 0 Å². The monoisotopic (exact) mass is 439 g/mol. The van der Waals surface area contributed by atoms with E-state index in [4.69, 9.17) is 0 Å². The van der Waals surface area contributed by atoms with Gasteiger partial charge < -0.3 is 4.90 Å². The summed E-state index contributed by atoms with van der Waals surface area (Å²) in [6.07, 6.45) is 2.26. The Labute approximate surface area is 197 Å². The maximum atomic E-state index is 12.6. The number of amides is 1. The lowest BCUT2D eigenvalue weighted by atomic mass is 9.96. The van der Waals surface area contributed by atoms with E-state index in [2.05, 4.69) is 82.6 Å². The van der Waals surface area contributed by atoms with Crippen LogP contribution in [0.3, 0.4) is 0 Å². The first-order valence-corrected chi connectivity index (χ1v) is 12.2. The molecule has 0 N–H and O–H groups in total. The highest BCUT2D eigenvalue weighted by molar-refractivity contribution is 5.94. The van der Waals surface area contributed by atoms with Crippen molar-refractivity contribution in [3.8, 4) is 0 Å². The topological polar surface area (TPSA) is 26.8 Å². The highest BCUT2D eigenvalue weighted by Gasteiger charge is 2.26. The molecule has 5 rings (SSSR count). The van der Waals surface area contributed by atoms with Gasteiger partial charge in [-0.3, -0.25) is 14.6 Å². The molecule has 4 nitrogen and oxygen atoms in total. The normalized spacial score (nSPS) is 17.5. The third-order valence-electron chi connectivity index (χ3n) is 7.00. The lowest BCUT2D eigenvalue weighted by molar-refractivity contribution is 0.0792. The van der Waals surface area contributed by atoms with Crippen LogP contribution in [0.1, 0.15) is 45.9 Å². The van der Waals surface area contributed by atoms with Crippen molar-refractivity contribution in [2.24, 2.45) is 0 Å². The van der Waals surface area contributed by atoms with E-state index in [0.29, 0.717) is 6.04 Å². The molecule has 0 unspecified atom stereocenters. The summed E-state index contributed by atoms with van der Waals surface area (Å²) in [7, 11) is 0. The predicted molar refractivity (Wildman–Crippen MR) is 133 cm³/mol. The Morgan fingerprint density at radius 2 is 1.21 bits per heavy atom. The fraction of sp³-hybridized carbons (Fsp3) is 0.345. The summed E-state index contributed by atoms with van der Waals surface area (Å²) in [5.74, 6) is 0.181. The zero-order valence-electron chi connectivity index (χ0n) is 19.3. The summed E-state index contributed by atoms with van der Waals surface area (Å²) in [6, 6.07) is 30.3. The average molecular weight is 440 g/mol. The average Bonchev–Trinajstić information content (AvgIpc) is 3.42. The Kier molecular flexibility index (Phi) is 6.84. The van der Waals surface area contributed by atoms with Gasteiger partial charge in [-0.25, -0.2) is 0 Å². The largest absolute Gasteiger partial charge is 0.339 e. The molecule has 2 aliphatic heterocycles. The Hall–Kier alpha value is -2.95. The summed E-state index contributed by atoms with van der Waals surface area (Å²) in [4.78, 5) is 19.7. The molecule has 0 atom stereocenters. The molecular weight excluding hydrogens is 406 g/mol. The molecule has 0 saturated carbocycles. The highest BCUT2D eigenvalue weighted by atomic mass is 16.2. The molecule has 0 aliphatic carbocycles. The van der Waals surface area contributed by atoms with Crippen molar-refractivity contribution in [3.63, 3.8) is 0 Å². The fourth-order valence-corrected chi connectivity index (χ4v) is 5.18. The van der Waals surface area contributed by atoms with Crippen LogP contribution in [-0.2, 0) is 6.54 Å². The van der Waals surface area contributed by atoms with Crippen molar-refractivity contribution in [3.05, 3.63) is 107 Å². The number of piperazine rings is 1. The van der Waals surface area contributed by atoms with Crippen LogP contribution in [0.25, 0.3) is 0 Å².